The first-order chi connectivity index (χ1) is 13.1. The van der Waals surface area contributed by atoms with Crippen molar-refractivity contribution in [3.63, 3.8) is 0 Å². The summed E-state index contributed by atoms with van der Waals surface area (Å²) in [7, 11) is 0. The smallest absolute Gasteiger partial charge is 0.119 e. The molecule has 1 saturated heterocycles. The molecule has 1 fully saturated rings. The molecule has 0 radical (unpaired) electrons. The van der Waals surface area contributed by atoms with Crippen LogP contribution >= 0.6 is 31.9 Å². The molecule has 1 aliphatic rings. The summed E-state index contributed by atoms with van der Waals surface area (Å²) in [6.07, 6.45) is 0. The highest BCUT2D eigenvalue weighted by Crippen LogP contribution is 2.37. The Balaban J connectivity index is 1.52. The topological polar surface area (TPSA) is 50.2 Å². The molecule has 27 heavy (non-hydrogen) atoms. The summed E-state index contributed by atoms with van der Waals surface area (Å²) in [5.41, 5.74) is 9.61. The van der Waals surface area contributed by atoms with Crippen LogP contribution in [-0.4, -0.2) is 16.8 Å². The number of halogens is 2. The molecule has 1 aliphatic heterocycles. The third-order valence-corrected chi connectivity index (χ3v) is 5.84. The van der Waals surface area contributed by atoms with Crippen molar-refractivity contribution in [2.45, 2.75) is 12.2 Å². The molecule has 0 amide bonds. The van der Waals surface area contributed by atoms with Crippen molar-refractivity contribution in [3.8, 4) is 5.75 Å². The highest BCUT2D eigenvalue weighted by atomic mass is 79.9. The van der Waals surface area contributed by atoms with Gasteiger partial charge in [-0.3, -0.25) is 0 Å². The van der Waals surface area contributed by atoms with E-state index in [0.29, 0.717) is 13.2 Å². The van der Waals surface area contributed by atoms with Gasteiger partial charge in [0.1, 0.15) is 5.75 Å². The Kier molecular flexibility index (Phi) is 4.24. The molecule has 0 spiro atoms. The molecule has 1 atom stereocenters. The summed E-state index contributed by atoms with van der Waals surface area (Å²) in [6, 6.07) is 22.7. The van der Waals surface area contributed by atoms with Gasteiger partial charge in [-0.2, -0.15) is 0 Å². The normalized spacial score (nSPS) is 18.9. The number of nitrogens with zero attached hydrogens (tertiary/aromatic N) is 2. The molecule has 0 saturated carbocycles. The summed E-state index contributed by atoms with van der Waals surface area (Å²) in [6.45, 7) is 1.20. The van der Waals surface area contributed by atoms with Gasteiger partial charge in [-0.25, -0.2) is 0 Å². The molecule has 5 rings (SSSR count). The third-order valence-electron chi connectivity index (χ3n) is 4.86. The van der Waals surface area contributed by atoms with Gasteiger partial charge in [0, 0.05) is 37.3 Å². The Morgan fingerprint density at radius 3 is 2.04 bits per heavy atom. The third kappa shape index (κ3) is 3.27. The zero-order valence-corrected chi connectivity index (χ0v) is 17.5. The van der Waals surface area contributed by atoms with Crippen LogP contribution in [0.25, 0.3) is 27.2 Å². The van der Waals surface area contributed by atoms with Gasteiger partial charge in [0.05, 0.1) is 6.61 Å². The van der Waals surface area contributed by atoms with Gasteiger partial charge in [-0.15, -0.1) is 0 Å². The van der Waals surface area contributed by atoms with E-state index in [2.05, 4.69) is 83.7 Å². The summed E-state index contributed by atoms with van der Waals surface area (Å²) < 4.78 is 10.4. The predicted molar refractivity (Wildman–Crippen MR) is 116 cm³/mol. The number of para-hydroxylation sites is 1. The molecule has 4 nitrogen and oxygen atoms in total. The first kappa shape index (κ1) is 17.3. The SMILES string of the molecule is Brc1ccc2c(c1)c1cc(Br)ccc1n2CC1(COc2ccccc2)[N-]N1. The van der Waals surface area contributed by atoms with E-state index in [-0.39, 0.29) is 0 Å². The van der Waals surface area contributed by atoms with Crippen LogP contribution in [0.4, 0.5) is 0 Å². The second-order valence-electron chi connectivity index (χ2n) is 6.77. The van der Waals surface area contributed by atoms with Crippen molar-refractivity contribution < 1.29 is 4.74 Å². The Hall–Kier alpha value is -1.86. The first-order valence-corrected chi connectivity index (χ1v) is 10.3. The predicted octanol–water partition coefficient (Wildman–Crippen LogP) is 5.99. The largest absolute Gasteiger partial charge is 0.577 e. The minimum Gasteiger partial charge on any atom is -0.577 e. The van der Waals surface area contributed by atoms with Gasteiger partial charge >= 0.3 is 0 Å². The van der Waals surface area contributed by atoms with E-state index in [1.165, 1.54) is 21.8 Å². The second kappa shape index (κ2) is 6.63. The molecule has 136 valence electrons. The van der Waals surface area contributed by atoms with E-state index in [1.807, 2.05) is 30.3 Å². The fourth-order valence-electron chi connectivity index (χ4n) is 3.46. The van der Waals surface area contributed by atoms with E-state index in [4.69, 9.17) is 4.74 Å². The summed E-state index contributed by atoms with van der Waals surface area (Å²) in [4.78, 5) is 0. The highest BCUT2D eigenvalue weighted by molar-refractivity contribution is 9.10. The van der Waals surface area contributed by atoms with Gasteiger partial charge in [-0.05, 0) is 54.2 Å². The van der Waals surface area contributed by atoms with E-state index in [0.717, 1.165) is 14.7 Å². The molecule has 1 aromatic heterocycles. The van der Waals surface area contributed by atoms with Crippen LogP contribution in [0.3, 0.4) is 0 Å². The van der Waals surface area contributed by atoms with E-state index < -0.39 is 5.66 Å². The number of aromatic nitrogens is 1. The standard InChI is InChI=1S/C21H16Br2N3O/c22-14-6-8-19-17(10-14)18-11-15(23)7-9-20(18)26(19)12-21(24-25-21)13-27-16-4-2-1-3-5-16/h1-11,24H,12-13H2/q-1. The highest BCUT2D eigenvalue weighted by Gasteiger charge is 2.30. The van der Waals surface area contributed by atoms with Gasteiger partial charge < -0.3 is 20.2 Å². The molecule has 2 heterocycles. The molecular formula is C21H16Br2N3O-. The maximum Gasteiger partial charge on any atom is 0.119 e. The summed E-state index contributed by atoms with van der Waals surface area (Å²) in [5.74, 6) is 0.857. The number of fused-ring (bicyclic) bond motifs is 3. The number of benzene rings is 3. The number of hydrogen-bond acceptors (Lipinski definition) is 2. The number of hydrogen-bond donors (Lipinski definition) is 1. The van der Waals surface area contributed by atoms with Gasteiger partial charge in [0.15, 0.2) is 0 Å². The zero-order valence-electron chi connectivity index (χ0n) is 14.3. The molecule has 3 aromatic carbocycles. The Bertz CT molecular complexity index is 1080. The monoisotopic (exact) mass is 484 g/mol. The van der Waals surface area contributed by atoms with Crippen molar-refractivity contribution >= 4 is 53.7 Å². The molecule has 0 aliphatic carbocycles. The molecule has 4 aromatic rings. The summed E-state index contributed by atoms with van der Waals surface area (Å²) in [5, 5.41) is 2.45. The molecule has 1 N–H and O–H groups in total. The lowest BCUT2D eigenvalue weighted by molar-refractivity contribution is 0.265. The van der Waals surface area contributed by atoms with E-state index in [9.17, 15) is 0 Å². The second-order valence-corrected chi connectivity index (χ2v) is 8.60. The Labute approximate surface area is 173 Å². The quantitative estimate of drug-likeness (QED) is 0.353. The fraction of sp³-hybridized carbons (Fsp3) is 0.143. The van der Waals surface area contributed by atoms with Crippen LogP contribution in [0.1, 0.15) is 0 Å². The van der Waals surface area contributed by atoms with Crippen molar-refractivity contribution in [3.05, 3.63) is 81.1 Å². The summed E-state index contributed by atoms with van der Waals surface area (Å²) >= 11 is 7.20. The number of ether oxygens (including phenoxy) is 1. The first-order valence-electron chi connectivity index (χ1n) is 8.68. The minimum atomic E-state index is -0.394. The van der Waals surface area contributed by atoms with Gasteiger partial charge in [-0.1, -0.05) is 50.1 Å². The van der Waals surface area contributed by atoms with Crippen LogP contribution in [0.2, 0.25) is 0 Å². The number of rotatable bonds is 5. The Morgan fingerprint density at radius 1 is 0.889 bits per heavy atom. The van der Waals surface area contributed by atoms with Crippen LogP contribution < -0.4 is 10.2 Å². The van der Waals surface area contributed by atoms with Gasteiger partial charge in [0.2, 0.25) is 0 Å². The zero-order chi connectivity index (χ0) is 18.4. The molecule has 6 heteroatoms. The maximum absolute atomic E-state index is 5.96. The van der Waals surface area contributed by atoms with Crippen LogP contribution in [0.5, 0.6) is 5.75 Å². The van der Waals surface area contributed by atoms with Crippen LogP contribution in [0, 0.1) is 0 Å². The van der Waals surface area contributed by atoms with Crippen molar-refractivity contribution in [1.29, 1.82) is 0 Å². The number of nitrogens with one attached hydrogen (secondary N) is 1. The lowest BCUT2D eigenvalue weighted by atomic mass is 10.2. The fourth-order valence-corrected chi connectivity index (χ4v) is 4.18. The van der Waals surface area contributed by atoms with Crippen LogP contribution in [0.15, 0.2) is 75.7 Å². The maximum atomic E-state index is 5.96. The average molecular weight is 486 g/mol. The van der Waals surface area contributed by atoms with E-state index in [1.54, 1.807) is 0 Å². The molecular weight excluding hydrogens is 470 g/mol. The van der Waals surface area contributed by atoms with Crippen molar-refractivity contribution in [1.82, 2.24) is 9.99 Å². The van der Waals surface area contributed by atoms with Crippen molar-refractivity contribution in [2.24, 2.45) is 0 Å². The minimum absolute atomic E-state index is 0.394. The molecule has 1 unspecified atom stereocenters. The van der Waals surface area contributed by atoms with E-state index >= 15 is 0 Å². The average Bonchev–Trinajstić information content (AvgIpc) is 3.39. The Morgan fingerprint density at radius 2 is 1.48 bits per heavy atom. The lowest BCUT2D eigenvalue weighted by Gasteiger charge is -2.23. The van der Waals surface area contributed by atoms with Crippen molar-refractivity contribution in [2.75, 3.05) is 6.61 Å². The lowest BCUT2D eigenvalue weighted by Crippen LogP contribution is -2.30. The molecule has 0 bridgehead atoms. The van der Waals surface area contributed by atoms with Gasteiger partial charge in [0.25, 0.3) is 0 Å². The van der Waals surface area contributed by atoms with Crippen LogP contribution in [-0.2, 0) is 6.54 Å².